The van der Waals surface area contributed by atoms with E-state index >= 15 is 0 Å². The Kier molecular flexibility index (Phi) is 5.70. The van der Waals surface area contributed by atoms with Crippen molar-refractivity contribution in [3.63, 3.8) is 0 Å². The van der Waals surface area contributed by atoms with Gasteiger partial charge in [0.1, 0.15) is 11.6 Å². The number of carbonyl (C=O) groups is 2. The number of hydrogen-bond acceptors (Lipinski definition) is 4. The maximum atomic E-state index is 12.5. The number of hydrogen-bond donors (Lipinski definition) is 2. The van der Waals surface area contributed by atoms with Crippen LogP contribution in [0, 0.1) is 12.3 Å². The molecule has 2 amide bonds. The lowest BCUT2D eigenvalue weighted by Gasteiger charge is -2.27. The molecule has 2 rings (SSSR count). The van der Waals surface area contributed by atoms with Gasteiger partial charge in [-0.2, -0.15) is 0 Å². The van der Waals surface area contributed by atoms with Gasteiger partial charge < -0.3 is 15.2 Å². The third-order valence-electron chi connectivity index (χ3n) is 3.80. The number of terminal acetylenes is 1. The molecule has 0 aliphatic carbocycles. The monoisotopic (exact) mass is 344 g/mol. The third kappa shape index (κ3) is 5.23. The first kappa shape index (κ1) is 18.8. The van der Waals surface area contributed by atoms with Crippen molar-refractivity contribution in [2.45, 2.75) is 51.5 Å². The van der Waals surface area contributed by atoms with Gasteiger partial charge in [0.05, 0.1) is 12.6 Å². The van der Waals surface area contributed by atoms with Crippen LogP contribution in [-0.2, 0) is 16.1 Å². The Hall–Kier alpha value is -2.52. The van der Waals surface area contributed by atoms with Crippen molar-refractivity contribution in [1.29, 1.82) is 0 Å². The summed E-state index contributed by atoms with van der Waals surface area (Å²) in [5.41, 5.74) is 1.00. The molecule has 0 saturated carbocycles. The molecule has 2 atom stereocenters. The van der Waals surface area contributed by atoms with Crippen LogP contribution >= 0.6 is 0 Å². The lowest BCUT2D eigenvalue weighted by molar-refractivity contribution is -0.125. The van der Waals surface area contributed by atoms with E-state index in [2.05, 4.69) is 11.2 Å². The van der Waals surface area contributed by atoms with Gasteiger partial charge in [-0.05, 0) is 38.5 Å². The van der Waals surface area contributed by atoms with Crippen LogP contribution in [0.4, 0.5) is 4.79 Å². The average molecular weight is 344 g/mol. The fourth-order valence-corrected chi connectivity index (χ4v) is 2.61. The van der Waals surface area contributed by atoms with E-state index in [-0.39, 0.29) is 18.9 Å². The number of nitrogens with one attached hydrogen (secondary N) is 1. The third-order valence-corrected chi connectivity index (χ3v) is 3.80. The maximum Gasteiger partial charge on any atom is 0.411 e. The van der Waals surface area contributed by atoms with E-state index in [4.69, 9.17) is 11.2 Å². The average Bonchev–Trinajstić information content (AvgIpc) is 2.93. The molecule has 1 aliphatic heterocycles. The molecule has 0 radical (unpaired) electrons. The lowest BCUT2D eigenvalue weighted by Crippen LogP contribution is -2.47. The number of β-amino-alcohol motifs (C(OH)–C–C–N with tert-alkyl or cyclic N) is 1. The minimum atomic E-state index is -0.741. The first-order valence-corrected chi connectivity index (χ1v) is 8.20. The van der Waals surface area contributed by atoms with Crippen LogP contribution in [0.2, 0.25) is 0 Å². The summed E-state index contributed by atoms with van der Waals surface area (Å²) < 4.78 is 5.32. The molecule has 0 spiro atoms. The molecule has 0 unspecified atom stereocenters. The number of ether oxygens (including phenoxy) is 1. The molecule has 0 aromatic heterocycles. The predicted molar refractivity (Wildman–Crippen MR) is 93.6 cm³/mol. The summed E-state index contributed by atoms with van der Waals surface area (Å²) in [5.74, 6) is 2.22. The lowest BCUT2D eigenvalue weighted by atomic mass is 10.1. The highest BCUT2D eigenvalue weighted by atomic mass is 16.6. The molecule has 1 heterocycles. The highest BCUT2D eigenvalue weighted by Crippen LogP contribution is 2.21. The number of benzene rings is 1. The molecular weight excluding hydrogens is 320 g/mol. The Morgan fingerprint density at radius 3 is 2.56 bits per heavy atom. The van der Waals surface area contributed by atoms with Crippen LogP contribution in [0.1, 0.15) is 38.3 Å². The molecule has 134 valence electrons. The predicted octanol–water partition coefficient (Wildman–Crippen LogP) is 1.65. The van der Waals surface area contributed by atoms with Gasteiger partial charge in [-0.25, -0.2) is 4.79 Å². The molecule has 25 heavy (non-hydrogen) atoms. The van der Waals surface area contributed by atoms with Crippen molar-refractivity contribution in [1.82, 2.24) is 10.2 Å². The Morgan fingerprint density at radius 2 is 2.00 bits per heavy atom. The zero-order valence-corrected chi connectivity index (χ0v) is 14.8. The van der Waals surface area contributed by atoms with Crippen LogP contribution in [-0.4, -0.2) is 46.3 Å². The molecule has 1 aromatic carbocycles. The van der Waals surface area contributed by atoms with Gasteiger partial charge in [-0.15, -0.1) is 6.42 Å². The molecule has 6 nitrogen and oxygen atoms in total. The van der Waals surface area contributed by atoms with Gasteiger partial charge in [0, 0.05) is 18.5 Å². The quantitative estimate of drug-likeness (QED) is 0.818. The van der Waals surface area contributed by atoms with E-state index in [1.165, 1.54) is 4.90 Å². The van der Waals surface area contributed by atoms with E-state index in [1.807, 2.05) is 12.1 Å². The molecule has 0 bridgehead atoms. The van der Waals surface area contributed by atoms with E-state index in [9.17, 15) is 14.7 Å². The van der Waals surface area contributed by atoms with Gasteiger partial charge in [-0.1, -0.05) is 18.1 Å². The fraction of sp³-hybridized carbons (Fsp3) is 0.474. The topological polar surface area (TPSA) is 78.9 Å². The second kappa shape index (κ2) is 7.58. The van der Waals surface area contributed by atoms with Crippen LogP contribution in [0.15, 0.2) is 24.3 Å². The van der Waals surface area contributed by atoms with E-state index < -0.39 is 23.8 Å². The second-order valence-electron chi connectivity index (χ2n) is 7.10. The number of likely N-dealkylation sites (tertiary alicyclic amines) is 1. The number of carbonyl (C=O) groups excluding carboxylic acids is 2. The highest BCUT2D eigenvalue weighted by Gasteiger charge is 2.40. The Bertz CT molecular complexity index is 670. The maximum absolute atomic E-state index is 12.5. The van der Waals surface area contributed by atoms with Crippen molar-refractivity contribution in [2.24, 2.45) is 0 Å². The van der Waals surface area contributed by atoms with Gasteiger partial charge in [0.2, 0.25) is 5.91 Å². The Morgan fingerprint density at radius 1 is 1.36 bits per heavy atom. The summed E-state index contributed by atoms with van der Waals surface area (Å²) in [6, 6.07) is 6.53. The van der Waals surface area contributed by atoms with Crippen LogP contribution < -0.4 is 5.32 Å². The first-order valence-electron chi connectivity index (χ1n) is 8.20. The van der Waals surface area contributed by atoms with Crippen molar-refractivity contribution < 1.29 is 19.4 Å². The highest BCUT2D eigenvalue weighted by molar-refractivity contribution is 5.86. The van der Waals surface area contributed by atoms with Crippen LogP contribution in [0.5, 0.6) is 0 Å². The zero-order valence-electron chi connectivity index (χ0n) is 14.8. The normalized spacial score (nSPS) is 20.0. The smallest absolute Gasteiger partial charge is 0.411 e. The number of aliphatic hydroxyl groups excluding tert-OH is 1. The van der Waals surface area contributed by atoms with E-state index in [0.717, 1.165) is 11.1 Å². The summed E-state index contributed by atoms with van der Waals surface area (Å²) in [4.78, 5) is 26.0. The second-order valence-corrected chi connectivity index (χ2v) is 7.10. The molecule has 6 heteroatoms. The minimum Gasteiger partial charge on any atom is -0.444 e. The van der Waals surface area contributed by atoms with Gasteiger partial charge >= 0.3 is 6.09 Å². The van der Waals surface area contributed by atoms with Crippen molar-refractivity contribution in [2.75, 3.05) is 6.54 Å². The SMILES string of the molecule is C#Cc1ccc(CNC(=O)[C@@H]2C[C@@H](O)CN2C(=O)OC(C)(C)C)cc1. The standard InChI is InChI=1S/C19H24N2O4/c1-5-13-6-8-14(9-7-13)11-20-17(23)16-10-15(22)12-21(16)18(24)25-19(2,3)4/h1,6-9,15-16,22H,10-12H2,2-4H3,(H,20,23)/t15-,16+/m1/s1. The zero-order chi connectivity index (χ0) is 18.6. The summed E-state index contributed by atoms with van der Waals surface area (Å²) in [6.45, 7) is 5.67. The minimum absolute atomic E-state index is 0.0872. The number of rotatable bonds is 3. The molecular formula is C19H24N2O4. The van der Waals surface area contributed by atoms with Crippen molar-refractivity contribution in [3.8, 4) is 12.3 Å². The first-order chi connectivity index (χ1) is 11.7. The summed E-state index contributed by atoms with van der Waals surface area (Å²) in [6.07, 6.45) is 4.18. The molecule has 1 aliphatic rings. The largest absolute Gasteiger partial charge is 0.444 e. The summed E-state index contributed by atoms with van der Waals surface area (Å²) >= 11 is 0. The molecule has 2 N–H and O–H groups in total. The van der Waals surface area contributed by atoms with E-state index in [1.54, 1.807) is 32.9 Å². The van der Waals surface area contributed by atoms with E-state index in [0.29, 0.717) is 6.54 Å². The molecule has 1 fully saturated rings. The Labute approximate surface area is 148 Å². The molecule has 1 aromatic rings. The molecule has 1 saturated heterocycles. The van der Waals surface area contributed by atoms with Crippen LogP contribution in [0.3, 0.4) is 0 Å². The summed E-state index contributed by atoms with van der Waals surface area (Å²) in [5, 5.41) is 12.7. The van der Waals surface area contributed by atoms with Crippen molar-refractivity contribution in [3.05, 3.63) is 35.4 Å². The van der Waals surface area contributed by atoms with Gasteiger partial charge in [0.15, 0.2) is 0 Å². The number of nitrogens with zero attached hydrogens (tertiary/aromatic N) is 1. The number of amides is 2. The number of aliphatic hydroxyl groups is 1. The fourth-order valence-electron chi connectivity index (χ4n) is 2.61. The summed E-state index contributed by atoms with van der Waals surface area (Å²) in [7, 11) is 0. The van der Waals surface area contributed by atoms with Crippen molar-refractivity contribution >= 4 is 12.0 Å². The van der Waals surface area contributed by atoms with Gasteiger partial charge in [0.25, 0.3) is 0 Å². The van der Waals surface area contributed by atoms with Gasteiger partial charge in [-0.3, -0.25) is 9.69 Å². The Balaban J connectivity index is 1.98. The van der Waals surface area contributed by atoms with Crippen LogP contribution in [0.25, 0.3) is 0 Å².